The second-order valence-electron chi connectivity index (χ2n) is 6.57. The van der Waals surface area contributed by atoms with Crippen LogP contribution in [-0.4, -0.2) is 114 Å². The molecule has 0 aliphatic carbocycles. The van der Waals surface area contributed by atoms with E-state index in [9.17, 15) is 32.4 Å². The molecule has 326 valence electrons. The molecule has 0 heterocycles. The van der Waals surface area contributed by atoms with E-state index in [0.717, 1.165) is 0 Å². The predicted octanol–water partition coefficient (Wildman–Crippen LogP) is 6.45. The highest BCUT2D eigenvalue weighted by Crippen LogP contribution is 1.70. The van der Waals surface area contributed by atoms with E-state index in [2.05, 4.69) is 54.6 Å². The van der Waals surface area contributed by atoms with Gasteiger partial charge in [0.1, 0.15) is 5.78 Å². The van der Waals surface area contributed by atoms with Crippen molar-refractivity contribution in [1.29, 1.82) is 0 Å². The average Bonchev–Trinajstić information content (AvgIpc) is 2.90. The molecule has 0 aromatic heterocycles. The third kappa shape index (κ3) is 493. The molecule has 50 heavy (non-hydrogen) atoms. The van der Waals surface area contributed by atoms with Gasteiger partial charge in [0.05, 0.1) is 7.11 Å². The molecule has 0 fully saturated rings. The molecule has 0 atom stereocenters. The summed E-state index contributed by atoms with van der Waals surface area (Å²) in [6, 6.07) is -0.157. The zero-order chi connectivity index (χ0) is 35.5. The average molecular weight is 786 g/mol. The number of amides is 4. The molecule has 0 aliphatic rings. The summed E-state index contributed by atoms with van der Waals surface area (Å²) in [4.78, 5) is 48.4. The van der Waals surface area contributed by atoms with E-state index in [4.69, 9.17) is 0 Å². The Kier molecular flexibility index (Phi) is 280. The number of Topliss-reactive ketones (excluding diaryl/α,β-unsaturated/α-hetero) is 1. The molecule has 0 saturated heterocycles. The predicted molar refractivity (Wildman–Crippen MR) is 235 cm³/mol. The van der Waals surface area contributed by atoms with Crippen LogP contribution < -0.4 is 36.0 Å². The van der Waals surface area contributed by atoms with Crippen molar-refractivity contribution in [1.82, 2.24) is 36.0 Å². The molecule has 0 saturated carbocycles. The van der Waals surface area contributed by atoms with Gasteiger partial charge in [0.2, 0.25) is 11.8 Å². The number of hydrogen-bond acceptors (Lipinski definition) is 10. The second-order valence-corrected chi connectivity index (χ2v) is 9.21. The quantitative estimate of drug-likeness (QED) is 0.152. The molecule has 0 bridgehead atoms. The topological polar surface area (TPSA) is 213 Å². The van der Waals surface area contributed by atoms with Crippen molar-refractivity contribution in [2.45, 2.75) is 122 Å². The summed E-state index contributed by atoms with van der Waals surface area (Å²) in [5.74, 6) is -0.0694. The van der Waals surface area contributed by atoms with Gasteiger partial charge in [0.25, 0.3) is 10.2 Å². The Morgan fingerprint density at radius 1 is 0.540 bits per heavy atom. The van der Waals surface area contributed by atoms with Crippen LogP contribution in [0.25, 0.3) is 0 Å². The lowest BCUT2D eigenvalue weighted by atomic mass is 10.6. The summed E-state index contributed by atoms with van der Waals surface area (Å²) in [6.45, 7) is 11.6. The lowest BCUT2D eigenvalue weighted by molar-refractivity contribution is -0.138. The van der Waals surface area contributed by atoms with Crippen molar-refractivity contribution in [3.8, 4) is 0 Å². The number of nitrogens with one attached hydrogen (secondary N) is 7. The molecule has 15 nitrogen and oxygen atoms in total. The Morgan fingerprint density at radius 2 is 0.660 bits per heavy atom. The van der Waals surface area contributed by atoms with Gasteiger partial charge in [-0.3, -0.25) is 14.4 Å². The van der Waals surface area contributed by atoms with Gasteiger partial charge >= 0.3 is 12.0 Å². The molecule has 0 aromatic rings. The third-order valence-electron chi connectivity index (χ3n) is 1.98. The fraction of sp³-hybridized carbons (Fsp3) is 0.848. The lowest BCUT2D eigenvalue weighted by Gasteiger charge is -1.94. The van der Waals surface area contributed by atoms with Crippen LogP contribution in [0.1, 0.15) is 122 Å². The zero-order valence-corrected chi connectivity index (χ0v) is 30.4. The number of methoxy groups -OCH3 is 1. The van der Waals surface area contributed by atoms with Crippen molar-refractivity contribution in [3.05, 3.63) is 0 Å². The molecule has 17 heteroatoms. The van der Waals surface area contributed by atoms with E-state index in [1.807, 2.05) is 26.6 Å². The van der Waals surface area contributed by atoms with Crippen LogP contribution in [0.5, 0.6) is 0 Å². The van der Waals surface area contributed by atoms with Crippen molar-refractivity contribution in [2.24, 2.45) is 0 Å². The van der Waals surface area contributed by atoms with Gasteiger partial charge in [0, 0.05) is 63.1 Å². The minimum absolute atomic E-state index is 0. The SMILES string of the molecule is C.C.C.C.C.C.C.C.C.CC(C)=O.CCC.CNC.CNC(=O)NC.CNC(C)=O.CNC(C)=O.CNS(=O)(=O)NC.COC(C)=O.CSC. The summed E-state index contributed by atoms with van der Waals surface area (Å²) < 4.78 is 28.5. The normalized spacial score (nSPS) is 6.12. The first-order valence-electron chi connectivity index (χ1n) is 12.1. The third-order valence-corrected chi connectivity index (χ3v) is 3.06. The van der Waals surface area contributed by atoms with Crippen LogP contribution in [0.15, 0.2) is 0 Å². The molecule has 0 spiro atoms. The van der Waals surface area contributed by atoms with Gasteiger partial charge < -0.3 is 36.1 Å². The summed E-state index contributed by atoms with van der Waals surface area (Å²) in [5, 5.41) is 12.3. The van der Waals surface area contributed by atoms with Crippen LogP contribution in [0.4, 0.5) is 4.79 Å². The first kappa shape index (κ1) is 118. The fourth-order valence-electron chi connectivity index (χ4n) is 0.227. The molecule has 0 aromatic carbocycles. The minimum Gasteiger partial charge on any atom is -0.469 e. The van der Waals surface area contributed by atoms with E-state index in [0.29, 0.717) is 0 Å². The standard InChI is InChI=1S/C3H8N2O.2C3H7NO.C3H6O2.C3H6O.C3H8.C2H8N2O2S.C2H7N.C2H6S.9CH4/c1-4-3(6)5-2;2*1-3(5)4-2;1-3(4)5-2;1-3(2)4;1-3-2;1-3-7(5,6)4-2;2*1-3-2;;;;;;;;;/h1-2H3,(H2,4,5,6);2*1-2H3,(H,4,5);1-2H3;1-2H3;3H2,1-2H3;3-4H,1-2H3;3H,1-2H3;1-2H3;9*1H4. The van der Waals surface area contributed by atoms with Gasteiger partial charge in [0.15, 0.2) is 0 Å². The summed E-state index contributed by atoms with van der Waals surface area (Å²) >= 11 is 1.75. The molecule has 7 N–H and O–H groups in total. The van der Waals surface area contributed by atoms with Gasteiger partial charge in [-0.05, 0) is 40.5 Å². The number of ether oxygens (including phenoxy) is 1. The lowest BCUT2D eigenvalue weighted by Crippen LogP contribution is -2.30. The minimum atomic E-state index is -3.16. The molecule has 0 rings (SSSR count). The maximum Gasteiger partial charge on any atom is 0.314 e. The number of hydrogen-bond donors (Lipinski definition) is 7. The van der Waals surface area contributed by atoms with E-state index >= 15 is 0 Å². The Balaban J connectivity index is -0.0000000143. The summed E-state index contributed by atoms with van der Waals surface area (Å²) in [7, 11) is 11.0. The van der Waals surface area contributed by atoms with E-state index in [1.54, 1.807) is 40.0 Å². The molecule has 4 amide bonds. The summed E-state index contributed by atoms with van der Waals surface area (Å²) in [6.07, 6.45) is 5.33. The fourth-order valence-corrected chi connectivity index (χ4v) is 0.431. The van der Waals surface area contributed by atoms with Gasteiger partial charge in [-0.15, -0.1) is 0 Å². The Morgan fingerprint density at radius 3 is 0.660 bits per heavy atom. The smallest absolute Gasteiger partial charge is 0.314 e. The number of ketones is 1. The monoisotopic (exact) mass is 786 g/mol. The molecule has 0 aliphatic heterocycles. The summed E-state index contributed by atoms with van der Waals surface area (Å²) in [5.41, 5.74) is 0. The van der Waals surface area contributed by atoms with Crippen molar-refractivity contribution >= 4 is 51.6 Å². The van der Waals surface area contributed by atoms with E-state index in [1.165, 1.54) is 62.2 Å². The van der Waals surface area contributed by atoms with Crippen molar-refractivity contribution in [2.75, 3.05) is 76.0 Å². The Bertz CT molecular complexity index is 602. The molecular weight excluding hydrogens is 687 g/mol. The van der Waals surface area contributed by atoms with Crippen LogP contribution in [0, 0.1) is 0 Å². The van der Waals surface area contributed by atoms with E-state index in [-0.39, 0.29) is 96.4 Å². The number of rotatable bonds is 2. The highest BCUT2D eigenvalue weighted by atomic mass is 32.2. The first-order valence-corrected chi connectivity index (χ1v) is 15.2. The first-order chi connectivity index (χ1) is 18.7. The number of urea groups is 1. The zero-order valence-electron chi connectivity index (χ0n) is 28.8. The van der Waals surface area contributed by atoms with Gasteiger partial charge in [-0.25, -0.2) is 14.2 Å². The van der Waals surface area contributed by atoms with Gasteiger partial charge in [-0.1, -0.05) is 87.1 Å². The van der Waals surface area contributed by atoms with Crippen LogP contribution in [0.2, 0.25) is 0 Å². The molecular formula is C33H99N7O8S2. The number of thioether (sulfide) groups is 1. The largest absolute Gasteiger partial charge is 0.469 e. The highest BCUT2D eigenvalue weighted by Gasteiger charge is 1.96. The molecule has 0 unspecified atom stereocenters. The number of carbonyl (C=O) groups is 5. The van der Waals surface area contributed by atoms with Crippen LogP contribution in [0.3, 0.4) is 0 Å². The van der Waals surface area contributed by atoms with Crippen molar-refractivity contribution < 1.29 is 37.1 Å². The van der Waals surface area contributed by atoms with Crippen LogP contribution in [-0.2, 0) is 34.1 Å². The second kappa shape index (κ2) is 119. The number of esters is 1. The molecule has 0 radical (unpaired) electrons. The van der Waals surface area contributed by atoms with E-state index < -0.39 is 10.2 Å². The maximum absolute atomic E-state index is 10.1. The van der Waals surface area contributed by atoms with Gasteiger partial charge in [-0.2, -0.15) is 20.2 Å². The highest BCUT2D eigenvalue weighted by molar-refractivity contribution is 7.97. The number of carbonyl (C=O) groups excluding carboxylic acids is 5. The Hall–Kier alpha value is -2.47. The Labute approximate surface area is 321 Å². The maximum atomic E-state index is 10.1. The van der Waals surface area contributed by atoms with Crippen LogP contribution >= 0.6 is 11.8 Å². The van der Waals surface area contributed by atoms with Crippen molar-refractivity contribution in [3.63, 3.8) is 0 Å².